The number of hydrogen-bond donors (Lipinski definition) is 0. The third kappa shape index (κ3) is 4.56. The van der Waals surface area contributed by atoms with E-state index in [1.54, 1.807) is 13.4 Å². The lowest BCUT2D eigenvalue weighted by molar-refractivity contribution is -0.0308. The Balaban J connectivity index is 1.35. The molecule has 0 saturated carbocycles. The van der Waals surface area contributed by atoms with Crippen molar-refractivity contribution < 1.29 is 13.9 Å². The quantitative estimate of drug-likeness (QED) is 0.666. The lowest BCUT2D eigenvalue weighted by atomic mass is 10.1. The van der Waals surface area contributed by atoms with Gasteiger partial charge < -0.3 is 13.9 Å². The minimum atomic E-state index is 0.188. The van der Waals surface area contributed by atoms with Crippen molar-refractivity contribution in [3.8, 4) is 17.2 Å². The second-order valence-electron chi connectivity index (χ2n) is 6.79. The summed E-state index contributed by atoms with van der Waals surface area (Å²) in [5.41, 5.74) is 3.22. The Hall–Kier alpha value is -2.63. The van der Waals surface area contributed by atoms with Gasteiger partial charge >= 0.3 is 0 Å². The fraction of sp³-hybridized carbons (Fsp3) is 0.318. The van der Waals surface area contributed by atoms with Crippen LogP contribution in [-0.2, 0) is 17.7 Å². The Labute approximate surface area is 159 Å². The summed E-state index contributed by atoms with van der Waals surface area (Å²) >= 11 is 0. The van der Waals surface area contributed by atoms with Gasteiger partial charge in [0.25, 0.3) is 0 Å². The fourth-order valence-electron chi connectivity index (χ4n) is 3.39. The normalized spacial score (nSPS) is 17.7. The van der Waals surface area contributed by atoms with Gasteiger partial charge in [0, 0.05) is 25.2 Å². The van der Waals surface area contributed by atoms with Gasteiger partial charge in [0.05, 0.1) is 25.5 Å². The Bertz CT molecular complexity index is 846. The van der Waals surface area contributed by atoms with Gasteiger partial charge in [-0.05, 0) is 36.2 Å². The predicted octanol–water partition coefficient (Wildman–Crippen LogP) is 3.79. The van der Waals surface area contributed by atoms with Gasteiger partial charge in [-0.1, -0.05) is 30.3 Å². The van der Waals surface area contributed by atoms with Crippen molar-refractivity contribution in [2.24, 2.45) is 0 Å². The molecule has 1 aliphatic rings. The highest BCUT2D eigenvalue weighted by Crippen LogP contribution is 2.20. The molecule has 140 valence electrons. The lowest BCUT2D eigenvalue weighted by Crippen LogP contribution is -2.42. The van der Waals surface area contributed by atoms with Crippen molar-refractivity contribution in [1.29, 1.82) is 0 Å². The van der Waals surface area contributed by atoms with Crippen LogP contribution in [0.2, 0.25) is 0 Å². The molecule has 2 heterocycles. The molecular weight excluding hydrogens is 340 g/mol. The van der Waals surface area contributed by atoms with Crippen LogP contribution >= 0.6 is 0 Å². The molecule has 4 rings (SSSR count). The standard InChI is InChI=1S/C22H24N2O3/c1-25-20-9-7-17(8-10-20)13-21-15-24(11-12-26-21)14-19-16-27-22(23-19)18-5-3-2-4-6-18/h2-10,16,21H,11-15H2,1H3. The van der Waals surface area contributed by atoms with Crippen LogP contribution in [-0.4, -0.2) is 42.8 Å². The van der Waals surface area contributed by atoms with E-state index >= 15 is 0 Å². The SMILES string of the molecule is COc1ccc(CC2CN(Cc3coc(-c4ccccc4)n3)CCO2)cc1. The number of nitrogens with zero attached hydrogens (tertiary/aromatic N) is 2. The summed E-state index contributed by atoms with van der Waals surface area (Å²) < 4.78 is 16.8. The van der Waals surface area contributed by atoms with E-state index in [0.717, 1.165) is 49.7 Å². The molecule has 5 heteroatoms. The summed E-state index contributed by atoms with van der Waals surface area (Å²) in [4.78, 5) is 7.02. The zero-order valence-electron chi connectivity index (χ0n) is 15.5. The first-order valence-corrected chi connectivity index (χ1v) is 9.27. The fourth-order valence-corrected chi connectivity index (χ4v) is 3.39. The van der Waals surface area contributed by atoms with E-state index in [1.807, 2.05) is 42.5 Å². The number of oxazole rings is 1. The number of rotatable bonds is 6. The van der Waals surface area contributed by atoms with Crippen LogP contribution in [0.5, 0.6) is 5.75 Å². The Morgan fingerprint density at radius 1 is 1.11 bits per heavy atom. The molecule has 27 heavy (non-hydrogen) atoms. The molecule has 1 aliphatic heterocycles. The Kier molecular flexibility index (Phi) is 5.51. The first kappa shape index (κ1) is 17.8. The number of hydrogen-bond acceptors (Lipinski definition) is 5. The van der Waals surface area contributed by atoms with Gasteiger partial charge in [-0.3, -0.25) is 4.90 Å². The second kappa shape index (κ2) is 8.37. The molecule has 1 fully saturated rings. The largest absolute Gasteiger partial charge is 0.497 e. The van der Waals surface area contributed by atoms with Crippen molar-refractivity contribution >= 4 is 0 Å². The van der Waals surface area contributed by atoms with Gasteiger partial charge in [0.2, 0.25) is 5.89 Å². The highest BCUT2D eigenvalue weighted by atomic mass is 16.5. The molecule has 0 radical (unpaired) electrons. The van der Waals surface area contributed by atoms with Gasteiger partial charge in [-0.25, -0.2) is 4.98 Å². The number of methoxy groups -OCH3 is 1. The smallest absolute Gasteiger partial charge is 0.226 e. The minimum absolute atomic E-state index is 0.188. The zero-order chi connectivity index (χ0) is 18.5. The van der Waals surface area contributed by atoms with Crippen LogP contribution < -0.4 is 4.74 Å². The predicted molar refractivity (Wildman–Crippen MR) is 104 cm³/mol. The molecule has 0 bridgehead atoms. The van der Waals surface area contributed by atoms with E-state index < -0.39 is 0 Å². The molecule has 3 aromatic rings. The summed E-state index contributed by atoms with van der Waals surface area (Å²) in [6, 6.07) is 18.2. The van der Waals surface area contributed by atoms with E-state index in [4.69, 9.17) is 13.9 Å². The number of benzene rings is 2. The molecule has 1 saturated heterocycles. The van der Waals surface area contributed by atoms with Crippen molar-refractivity contribution in [3.63, 3.8) is 0 Å². The molecule has 0 aliphatic carbocycles. The molecule has 0 amide bonds. The highest BCUT2D eigenvalue weighted by molar-refractivity contribution is 5.52. The van der Waals surface area contributed by atoms with Crippen molar-refractivity contribution in [3.05, 3.63) is 72.1 Å². The first-order chi connectivity index (χ1) is 13.3. The summed E-state index contributed by atoms with van der Waals surface area (Å²) in [5, 5.41) is 0. The molecule has 1 aromatic heterocycles. The van der Waals surface area contributed by atoms with Gasteiger partial charge in [0.15, 0.2) is 0 Å². The Morgan fingerprint density at radius 2 is 1.93 bits per heavy atom. The maximum atomic E-state index is 5.96. The third-order valence-corrected chi connectivity index (χ3v) is 4.80. The summed E-state index contributed by atoms with van der Waals surface area (Å²) in [6.07, 6.45) is 2.85. The van der Waals surface area contributed by atoms with Gasteiger partial charge in [-0.2, -0.15) is 0 Å². The number of aromatic nitrogens is 1. The molecule has 1 unspecified atom stereocenters. The first-order valence-electron chi connectivity index (χ1n) is 9.27. The average Bonchev–Trinajstić information content (AvgIpc) is 3.18. The van der Waals surface area contributed by atoms with E-state index in [2.05, 4.69) is 22.0 Å². The van der Waals surface area contributed by atoms with Crippen molar-refractivity contribution in [2.45, 2.75) is 19.1 Å². The van der Waals surface area contributed by atoms with E-state index in [1.165, 1.54) is 5.56 Å². The van der Waals surface area contributed by atoms with Crippen LogP contribution in [0.1, 0.15) is 11.3 Å². The lowest BCUT2D eigenvalue weighted by Gasteiger charge is -2.32. The maximum Gasteiger partial charge on any atom is 0.226 e. The van der Waals surface area contributed by atoms with Gasteiger partial charge in [-0.15, -0.1) is 0 Å². The summed E-state index contributed by atoms with van der Waals surface area (Å²) in [7, 11) is 1.68. The second-order valence-corrected chi connectivity index (χ2v) is 6.79. The average molecular weight is 364 g/mol. The van der Waals surface area contributed by atoms with Crippen LogP contribution in [0.4, 0.5) is 0 Å². The monoisotopic (exact) mass is 364 g/mol. The molecule has 2 aromatic carbocycles. The van der Waals surface area contributed by atoms with E-state index in [0.29, 0.717) is 5.89 Å². The van der Waals surface area contributed by atoms with Gasteiger partial charge in [0.1, 0.15) is 12.0 Å². The highest BCUT2D eigenvalue weighted by Gasteiger charge is 2.22. The topological polar surface area (TPSA) is 47.7 Å². The molecular formula is C22H24N2O3. The number of ether oxygens (including phenoxy) is 2. The molecule has 0 N–H and O–H groups in total. The zero-order valence-corrected chi connectivity index (χ0v) is 15.5. The van der Waals surface area contributed by atoms with Crippen LogP contribution in [0.15, 0.2) is 65.3 Å². The minimum Gasteiger partial charge on any atom is -0.497 e. The molecule has 0 spiro atoms. The molecule has 5 nitrogen and oxygen atoms in total. The van der Waals surface area contributed by atoms with Crippen LogP contribution in [0, 0.1) is 0 Å². The number of morpholine rings is 1. The summed E-state index contributed by atoms with van der Waals surface area (Å²) in [6.45, 7) is 3.31. The van der Waals surface area contributed by atoms with Crippen molar-refractivity contribution in [1.82, 2.24) is 9.88 Å². The maximum absolute atomic E-state index is 5.96. The third-order valence-electron chi connectivity index (χ3n) is 4.80. The molecule has 1 atom stereocenters. The van der Waals surface area contributed by atoms with Crippen LogP contribution in [0.3, 0.4) is 0 Å². The Morgan fingerprint density at radius 3 is 2.70 bits per heavy atom. The van der Waals surface area contributed by atoms with E-state index in [9.17, 15) is 0 Å². The van der Waals surface area contributed by atoms with Crippen LogP contribution in [0.25, 0.3) is 11.5 Å². The summed E-state index contributed by atoms with van der Waals surface area (Å²) in [5.74, 6) is 1.55. The van der Waals surface area contributed by atoms with E-state index in [-0.39, 0.29) is 6.10 Å². The van der Waals surface area contributed by atoms with Crippen molar-refractivity contribution in [2.75, 3.05) is 26.8 Å².